The number of fused-ring (bicyclic) bond motifs is 2. The lowest BCUT2D eigenvalue weighted by Crippen LogP contribution is -2.23. The van der Waals surface area contributed by atoms with Gasteiger partial charge in [-0.2, -0.15) is 0 Å². The molecule has 20 heavy (non-hydrogen) atoms. The smallest absolute Gasteiger partial charge is 0.191 e. The van der Waals surface area contributed by atoms with E-state index in [1.54, 1.807) is 11.3 Å². The number of rotatable bonds is 1. The SMILES string of the molecule is CC1Cc2ccccc2N1c1nc2ccc(N)cc2s1. The number of anilines is 3. The lowest BCUT2D eigenvalue weighted by atomic mass is 10.1. The predicted molar refractivity (Wildman–Crippen MR) is 85.8 cm³/mol. The number of para-hydroxylation sites is 1. The predicted octanol–water partition coefficient (Wildman–Crippen LogP) is 3.96. The van der Waals surface area contributed by atoms with Gasteiger partial charge in [0.15, 0.2) is 5.13 Å². The third-order valence-electron chi connectivity index (χ3n) is 3.81. The Morgan fingerprint density at radius 1 is 1.25 bits per heavy atom. The number of nitrogens with two attached hydrogens (primary N) is 1. The number of hydrogen-bond donors (Lipinski definition) is 1. The van der Waals surface area contributed by atoms with E-state index in [1.165, 1.54) is 11.3 Å². The molecule has 1 aromatic heterocycles. The second kappa shape index (κ2) is 4.21. The quantitative estimate of drug-likeness (QED) is 0.686. The van der Waals surface area contributed by atoms with Crippen LogP contribution < -0.4 is 10.6 Å². The first kappa shape index (κ1) is 11.7. The highest BCUT2D eigenvalue weighted by Gasteiger charge is 2.28. The molecule has 1 aliphatic rings. The zero-order valence-electron chi connectivity index (χ0n) is 11.2. The standard InChI is InChI=1S/C16H15N3S/c1-10-8-11-4-2-3-5-14(11)19(10)16-18-13-7-6-12(17)9-15(13)20-16/h2-7,9-10H,8,17H2,1H3. The van der Waals surface area contributed by atoms with Crippen LogP contribution in [0.5, 0.6) is 0 Å². The summed E-state index contributed by atoms with van der Waals surface area (Å²) in [6.45, 7) is 2.25. The van der Waals surface area contributed by atoms with Crippen LogP contribution in [0.4, 0.5) is 16.5 Å². The molecule has 1 aliphatic heterocycles. The number of thiazole rings is 1. The minimum atomic E-state index is 0.449. The van der Waals surface area contributed by atoms with Crippen molar-refractivity contribution in [1.82, 2.24) is 4.98 Å². The van der Waals surface area contributed by atoms with Gasteiger partial charge in [-0.1, -0.05) is 29.5 Å². The Bertz CT molecular complexity index is 793. The summed E-state index contributed by atoms with van der Waals surface area (Å²) in [5.74, 6) is 0. The van der Waals surface area contributed by atoms with Crippen molar-refractivity contribution >= 4 is 38.1 Å². The topological polar surface area (TPSA) is 42.2 Å². The van der Waals surface area contributed by atoms with Crippen LogP contribution in [0.1, 0.15) is 12.5 Å². The van der Waals surface area contributed by atoms with Crippen molar-refractivity contribution in [1.29, 1.82) is 0 Å². The average molecular weight is 281 g/mol. The van der Waals surface area contributed by atoms with Gasteiger partial charge < -0.3 is 10.6 Å². The van der Waals surface area contributed by atoms with Gasteiger partial charge >= 0.3 is 0 Å². The molecule has 3 aromatic rings. The van der Waals surface area contributed by atoms with Crippen LogP contribution in [-0.4, -0.2) is 11.0 Å². The molecular formula is C16H15N3S. The summed E-state index contributed by atoms with van der Waals surface area (Å²) < 4.78 is 1.15. The van der Waals surface area contributed by atoms with Crippen molar-refractivity contribution in [3.05, 3.63) is 48.0 Å². The monoisotopic (exact) mass is 281 g/mol. The third-order valence-corrected chi connectivity index (χ3v) is 4.83. The van der Waals surface area contributed by atoms with E-state index >= 15 is 0 Å². The maximum atomic E-state index is 5.86. The van der Waals surface area contributed by atoms with Crippen LogP contribution in [0.3, 0.4) is 0 Å². The normalized spacial score (nSPS) is 17.6. The van der Waals surface area contributed by atoms with E-state index in [0.29, 0.717) is 6.04 Å². The molecule has 1 unspecified atom stereocenters. The van der Waals surface area contributed by atoms with Gasteiger partial charge in [0.2, 0.25) is 0 Å². The number of nitrogen functional groups attached to an aromatic ring is 1. The van der Waals surface area contributed by atoms with Crippen molar-refractivity contribution in [3.8, 4) is 0 Å². The molecule has 0 amide bonds. The highest BCUT2D eigenvalue weighted by molar-refractivity contribution is 7.22. The number of benzene rings is 2. The maximum Gasteiger partial charge on any atom is 0.191 e. The van der Waals surface area contributed by atoms with Crippen LogP contribution in [0.25, 0.3) is 10.2 Å². The van der Waals surface area contributed by atoms with Crippen molar-refractivity contribution < 1.29 is 0 Å². The maximum absolute atomic E-state index is 5.86. The Balaban J connectivity index is 1.86. The summed E-state index contributed by atoms with van der Waals surface area (Å²) >= 11 is 1.71. The molecule has 0 spiro atoms. The largest absolute Gasteiger partial charge is 0.399 e. The molecular weight excluding hydrogens is 266 g/mol. The van der Waals surface area contributed by atoms with Gasteiger partial charge in [-0.3, -0.25) is 0 Å². The fraction of sp³-hybridized carbons (Fsp3) is 0.188. The Kier molecular flexibility index (Phi) is 2.47. The highest BCUT2D eigenvalue weighted by Crippen LogP contribution is 2.41. The van der Waals surface area contributed by atoms with E-state index in [-0.39, 0.29) is 0 Å². The molecule has 2 N–H and O–H groups in total. The minimum absolute atomic E-state index is 0.449. The van der Waals surface area contributed by atoms with Crippen LogP contribution in [0, 0.1) is 0 Å². The minimum Gasteiger partial charge on any atom is -0.399 e. The van der Waals surface area contributed by atoms with E-state index in [4.69, 9.17) is 10.7 Å². The van der Waals surface area contributed by atoms with Crippen molar-refractivity contribution in [2.45, 2.75) is 19.4 Å². The molecule has 2 heterocycles. The molecule has 100 valence electrons. The van der Waals surface area contributed by atoms with Crippen LogP contribution >= 0.6 is 11.3 Å². The van der Waals surface area contributed by atoms with Gasteiger partial charge in [-0.05, 0) is 43.2 Å². The second-order valence-corrected chi connectivity index (χ2v) is 6.28. The molecule has 0 bridgehead atoms. The van der Waals surface area contributed by atoms with Gasteiger partial charge in [0.1, 0.15) is 0 Å². The zero-order valence-corrected chi connectivity index (χ0v) is 12.0. The number of hydrogen-bond acceptors (Lipinski definition) is 4. The third kappa shape index (κ3) is 1.68. The Morgan fingerprint density at radius 2 is 2.10 bits per heavy atom. The van der Waals surface area contributed by atoms with E-state index in [1.807, 2.05) is 18.2 Å². The van der Waals surface area contributed by atoms with Gasteiger partial charge in [-0.15, -0.1) is 0 Å². The zero-order chi connectivity index (χ0) is 13.7. The number of aromatic nitrogens is 1. The lowest BCUT2D eigenvalue weighted by molar-refractivity contribution is 0.757. The van der Waals surface area contributed by atoms with Crippen LogP contribution in [0.2, 0.25) is 0 Å². The Hall–Kier alpha value is -2.07. The van der Waals surface area contributed by atoms with Gasteiger partial charge in [-0.25, -0.2) is 4.98 Å². The van der Waals surface area contributed by atoms with Gasteiger partial charge in [0.25, 0.3) is 0 Å². The molecule has 0 aliphatic carbocycles. The molecule has 3 nitrogen and oxygen atoms in total. The first-order valence-corrected chi connectivity index (χ1v) is 7.57. The summed E-state index contributed by atoms with van der Waals surface area (Å²) in [6.07, 6.45) is 1.08. The molecule has 0 saturated heterocycles. The molecule has 2 aromatic carbocycles. The summed E-state index contributed by atoms with van der Waals surface area (Å²) in [4.78, 5) is 7.12. The molecule has 0 fully saturated rings. The fourth-order valence-corrected chi connectivity index (χ4v) is 4.02. The summed E-state index contributed by atoms with van der Waals surface area (Å²) in [5, 5.41) is 1.06. The summed E-state index contributed by atoms with van der Waals surface area (Å²) in [6, 6.07) is 14.9. The molecule has 0 saturated carbocycles. The first-order valence-electron chi connectivity index (χ1n) is 6.75. The second-order valence-electron chi connectivity index (χ2n) is 5.28. The molecule has 4 rings (SSSR count). The van der Waals surface area contributed by atoms with E-state index < -0.39 is 0 Å². The summed E-state index contributed by atoms with van der Waals surface area (Å²) in [5.41, 5.74) is 10.4. The van der Waals surface area contributed by atoms with Crippen molar-refractivity contribution in [2.24, 2.45) is 0 Å². The number of nitrogens with zero attached hydrogens (tertiary/aromatic N) is 2. The van der Waals surface area contributed by atoms with Crippen LogP contribution in [0.15, 0.2) is 42.5 Å². The van der Waals surface area contributed by atoms with E-state index in [2.05, 4.69) is 36.1 Å². The summed E-state index contributed by atoms with van der Waals surface area (Å²) in [7, 11) is 0. The van der Waals surface area contributed by atoms with E-state index in [0.717, 1.165) is 27.5 Å². The van der Waals surface area contributed by atoms with Crippen molar-refractivity contribution in [3.63, 3.8) is 0 Å². The molecule has 1 atom stereocenters. The molecule has 0 radical (unpaired) electrons. The van der Waals surface area contributed by atoms with Crippen LogP contribution in [-0.2, 0) is 6.42 Å². The molecule has 4 heteroatoms. The average Bonchev–Trinajstić information content (AvgIpc) is 2.97. The fourth-order valence-electron chi connectivity index (χ4n) is 2.89. The van der Waals surface area contributed by atoms with E-state index in [9.17, 15) is 0 Å². The Morgan fingerprint density at radius 3 is 3.00 bits per heavy atom. The Labute approximate surface area is 121 Å². The van der Waals surface area contributed by atoms with Gasteiger partial charge in [0.05, 0.1) is 10.2 Å². The first-order chi connectivity index (χ1) is 9.72. The highest BCUT2D eigenvalue weighted by atomic mass is 32.1. The van der Waals surface area contributed by atoms with Crippen molar-refractivity contribution in [2.75, 3.05) is 10.6 Å². The lowest BCUT2D eigenvalue weighted by Gasteiger charge is -2.21. The van der Waals surface area contributed by atoms with Gasteiger partial charge in [0, 0.05) is 17.4 Å².